The highest BCUT2D eigenvalue weighted by Gasteiger charge is 2.33. The van der Waals surface area contributed by atoms with Crippen LogP contribution in [0.25, 0.3) is 0 Å². The Bertz CT molecular complexity index is 968. The highest BCUT2D eigenvalue weighted by Crippen LogP contribution is 2.33. The molecule has 2 aromatic rings. The number of hydrogen-bond acceptors (Lipinski definition) is 2. The van der Waals surface area contributed by atoms with E-state index in [9.17, 15) is 35.9 Å². The molecule has 160 valence electrons. The topological polar surface area (TPSA) is 49.4 Å². The summed E-state index contributed by atoms with van der Waals surface area (Å²) in [6, 6.07) is 4.31. The molecule has 0 saturated carbocycles. The SMILES string of the molecule is O=C(Nc1cc(C(=O)N2CCC(F)CC2)cc(C(F)(F)F)c1)c1cc(F)ccc1F. The lowest BCUT2D eigenvalue weighted by atomic mass is 10.0. The Hall–Kier alpha value is -3.04. The van der Waals surface area contributed by atoms with Crippen molar-refractivity contribution in [3.63, 3.8) is 0 Å². The Morgan fingerprint density at radius 3 is 2.30 bits per heavy atom. The summed E-state index contributed by atoms with van der Waals surface area (Å²) in [5, 5.41) is 2.07. The van der Waals surface area contributed by atoms with E-state index in [0.717, 1.165) is 12.1 Å². The first-order valence-electron chi connectivity index (χ1n) is 8.96. The fraction of sp³-hybridized carbons (Fsp3) is 0.300. The Morgan fingerprint density at radius 1 is 1.00 bits per heavy atom. The Morgan fingerprint density at radius 2 is 1.67 bits per heavy atom. The smallest absolute Gasteiger partial charge is 0.338 e. The second-order valence-electron chi connectivity index (χ2n) is 6.84. The van der Waals surface area contributed by atoms with Gasteiger partial charge in [0.25, 0.3) is 11.8 Å². The van der Waals surface area contributed by atoms with Gasteiger partial charge in [-0.1, -0.05) is 0 Å². The number of nitrogens with zero attached hydrogens (tertiary/aromatic N) is 1. The minimum Gasteiger partial charge on any atom is -0.338 e. The molecular weight excluding hydrogens is 414 g/mol. The summed E-state index contributed by atoms with van der Waals surface area (Å²) in [5.41, 5.74) is -2.69. The molecule has 4 nitrogen and oxygen atoms in total. The largest absolute Gasteiger partial charge is 0.416 e. The first-order chi connectivity index (χ1) is 14.0. The maximum absolute atomic E-state index is 13.8. The number of hydrogen-bond donors (Lipinski definition) is 1. The second kappa shape index (κ2) is 8.37. The summed E-state index contributed by atoms with van der Waals surface area (Å²) >= 11 is 0. The molecular formula is C20H16F6N2O2. The molecule has 1 N–H and O–H groups in total. The number of carbonyl (C=O) groups is 2. The third-order valence-corrected chi connectivity index (χ3v) is 4.65. The van der Waals surface area contributed by atoms with Gasteiger partial charge >= 0.3 is 6.18 Å². The highest BCUT2D eigenvalue weighted by atomic mass is 19.4. The van der Waals surface area contributed by atoms with E-state index >= 15 is 0 Å². The molecule has 0 aliphatic carbocycles. The molecule has 0 bridgehead atoms. The number of nitrogens with one attached hydrogen (secondary N) is 1. The van der Waals surface area contributed by atoms with E-state index in [1.807, 2.05) is 0 Å². The van der Waals surface area contributed by atoms with Crippen molar-refractivity contribution in [2.45, 2.75) is 25.2 Å². The van der Waals surface area contributed by atoms with E-state index < -0.39 is 52.6 Å². The Balaban J connectivity index is 1.92. The van der Waals surface area contributed by atoms with Crippen LogP contribution in [0.2, 0.25) is 0 Å². The van der Waals surface area contributed by atoms with Gasteiger partial charge in [-0.3, -0.25) is 9.59 Å². The van der Waals surface area contributed by atoms with E-state index in [1.165, 1.54) is 4.90 Å². The number of rotatable bonds is 3. The number of carbonyl (C=O) groups excluding carboxylic acids is 2. The van der Waals surface area contributed by atoms with Crippen LogP contribution in [0, 0.1) is 11.6 Å². The molecule has 1 fully saturated rings. The molecule has 1 aliphatic rings. The van der Waals surface area contributed by atoms with Gasteiger partial charge in [-0.2, -0.15) is 13.2 Å². The van der Waals surface area contributed by atoms with E-state index in [-0.39, 0.29) is 31.5 Å². The fourth-order valence-electron chi connectivity index (χ4n) is 3.09. The van der Waals surface area contributed by atoms with Crippen molar-refractivity contribution in [2.24, 2.45) is 0 Å². The summed E-state index contributed by atoms with van der Waals surface area (Å²) in [5.74, 6) is -3.90. The van der Waals surface area contributed by atoms with Gasteiger partial charge in [0.15, 0.2) is 0 Å². The van der Waals surface area contributed by atoms with Gasteiger partial charge in [0.1, 0.15) is 17.8 Å². The van der Waals surface area contributed by atoms with Crippen molar-refractivity contribution in [2.75, 3.05) is 18.4 Å². The zero-order valence-corrected chi connectivity index (χ0v) is 15.4. The molecule has 0 spiro atoms. The third kappa shape index (κ3) is 4.92. The molecule has 0 radical (unpaired) electrons. The number of benzene rings is 2. The van der Waals surface area contributed by atoms with Gasteiger partial charge in [-0.25, -0.2) is 13.2 Å². The average molecular weight is 430 g/mol. The van der Waals surface area contributed by atoms with Crippen LogP contribution >= 0.6 is 0 Å². The van der Waals surface area contributed by atoms with Gasteiger partial charge in [0.2, 0.25) is 0 Å². The summed E-state index contributed by atoms with van der Waals surface area (Å²) in [4.78, 5) is 26.1. The normalized spacial score (nSPS) is 15.2. The molecule has 2 amide bonds. The lowest BCUT2D eigenvalue weighted by molar-refractivity contribution is -0.137. The molecule has 1 aliphatic heterocycles. The predicted octanol–water partition coefficient (Wildman–Crippen LogP) is 4.81. The first kappa shape index (κ1) is 21.7. The number of anilines is 1. The average Bonchev–Trinajstić information content (AvgIpc) is 2.69. The Kier molecular flexibility index (Phi) is 6.04. The predicted molar refractivity (Wildman–Crippen MR) is 95.8 cm³/mol. The molecule has 0 aromatic heterocycles. The molecule has 3 rings (SSSR count). The maximum Gasteiger partial charge on any atom is 0.416 e. The van der Waals surface area contributed by atoms with Crippen molar-refractivity contribution in [3.05, 3.63) is 64.7 Å². The number of alkyl halides is 4. The molecule has 10 heteroatoms. The van der Waals surface area contributed by atoms with E-state index in [1.54, 1.807) is 0 Å². The van der Waals surface area contributed by atoms with Gasteiger partial charge in [-0.15, -0.1) is 0 Å². The van der Waals surface area contributed by atoms with Crippen molar-refractivity contribution in [3.8, 4) is 0 Å². The summed E-state index contributed by atoms with van der Waals surface area (Å²) in [6.45, 7) is 0.0961. The zero-order valence-electron chi connectivity index (χ0n) is 15.4. The monoisotopic (exact) mass is 430 g/mol. The number of likely N-dealkylation sites (tertiary alicyclic amines) is 1. The van der Waals surface area contributed by atoms with Crippen LogP contribution in [-0.4, -0.2) is 36.0 Å². The molecule has 1 saturated heterocycles. The highest BCUT2D eigenvalue weighted by molar-refractivity contribution is 6.05. The van der Waals surface area contributed by atoms with Crippen LogP contribution in [-0.2, 0) is 6.18 Å². The molecule has 2 aromatic carbocycles. The Labute approximate surface area is 167 Å². The summed E-state index contributed by atoms with van der Waals surface area (Å²) < 4.78 is 80.2. The van der Waals surface area contributed by atoms with Gasteiger partial charge in [0.05, 0.1) is 11.1 Å². The standard InChI is InChI=1S/C20H16F6N2O2/c21-13-3-5-28(6-4-13)19(30)11-7-12(20(24,25)26)9-15(8-11)27-18(29)16-10-14(22)1-2-17(16)23/h1-2,7-10,13H,3-6H2,(H,27,29). The number of piperidine rings is 1. The molecule has 0 atom stereocenters. The minimum absolute atomic E-state index is 0.0481. The van der Waals surface area contributed by atoms with Crippen LogP contribution in [0.3, 0.4) is 0 Å². The number of amides is 2. The maximum atomic E-state index is 13.8. The van der Waals surface area contributed by atoms with Crippen LogP contribution in [0.4, 0.5) is 32.0 Å². The summed E-state index contributed by atoms with van der Waals surface area (Å²) in [7, 11) is 0. The molecule has 0 unspecified atom stereocenters. The van der Waals surface area contributed by atoms with Crippen molar-refractivity contribution in [1.29, 1.82) is 0 Å². The quantitative estimate of drug-likeness (QED) is 0.711. The summed E-state index contributed by atoms with van der Waals surface area (Å²) in [6.07, 6.45) is -5.75. The zero-order chi connectivity index (χ0) is 22.1. The third-order valence-electron chi connectivity index (χ3n) is 4.65. The van der Waals surface area contributed by atoms with Crippen molar-refractivity contribution >= 4 is 17.5 Å². The van der Waals surface area contributed by atoms with Gasteiger partial charge < -0.3 is 10.2 Å². The molecule has 30 heavy (non-hydrogen) atoms. The molecule has 1 heterocycles. The van der Waals surface area contributed by atoms with E-state index in [2.05, 4.69) is 5.32 Å². The lowest BCUT2D eigenvalue weighted by Gasteiger charge is -2.29. The van der Waals surface area contributed by atoms with E-state index in [4.69, 9.17) is 0 Å². The number of halogens is 6. The van der Waals surface area contributed by atoms with Crippen molar-refractivity contribution in [1.82, 2.24) is 4.90 Å². The fourth-order valence-corrected chi connectivity index (χ4v) is 3.09. The van der Waals surface area contributed by atoms with Crippen molar-refractivity contribution < 1.29 is 35.9 Å². The van der Waals surface area contributed by atoms with E-state index in [0.29, 0.717) is 24.3 Å². The van der Waals surface area contributed by atoms with Crippen LogP contribution in [0.1, 0.15) is 39.1 Å². The van der Waals surface area contributed by atoms with Crippen LogP contribution < -0.4 is 5.32 Å². The first-order valence-corrected chi connectivity index (χ1v) is 8.96. The van der Waals surface area contributed by atoms with Gasteiger partial charge in [-0.05, 0) is 49.2 Å². The van der Waals surface area contributed by atoms with Gasteiger partial charge in [0, 0.05) is 24.3 Å². The second-order valence-corrected chi connectivity index (χ2v) is 6.84. The lowest BCUT2D eigenvalue weighted by Crippen LogP contribution is -2.39. The van der Waals surface area contributed by atoms with Crippen LogP contribution in [0.5, 0.6) is 0 Å². The van der Waals surface area contributed by atoms with Crippen LogP contribution in [0.15, 0.2) is 36.4 Å². The minimum atomic E-state index is -4.83.